The summed E-state index contributed by atoms with van der Waals surface area (Å²) in [4.78, 5) is 0. The first-order valence-corrected chi connectivity index (χ1v) is 11.8. The molecule has 0 saturated heterocycles. The van der Waals surface area contributed by atoms with Gasteiger partial charge >= 0.3 is 0 Å². The molecule has 140 valence electrons. The van der Waals surface area contributed by atoms with Gasteiger partial charge in [-0.15, -0.1) is 11.6 Å². The molecule has 1 heteroatoms. The van der Waals surface area contributed by atoms with Crippen molar-refractivity contribution >= 4 is 11.6 Å². The van der Waals surface area contributed by atoms with E-state index in [0.717, 1.165) is 29.6 Å². The predicted octanol–water partition coefficient (Wildman–Crippen LogP) is 7.98. The maximum Gasteiger partial charge on any atom is 0.0336 e. The zero-order valence-corrected chi connectivity index (χ0v) is 16.9. The molecule has 0 aromatic heterocycles. The first kappa shape index (κ1) is 19.1. The lowest BCUT2D eigenvalue weighted by atomic mass is 9.65. The fourth-order valence-corrected chi connectivity index (χ4v) is 6.52. The second-order valence-electron chi connectivity index (χ2n) is 9.46. The van der Waals surface area contributed by atoms with E-state index in [1.165, 1.54) is 51.4 Å². The van der Waals surface area contributed by atoms with Gasteiger partial charge in [0, 0.05) is 5.38 Å². The summed E-state index contributed by atoms with van der Waals surface area (Å²) in [6.07, 6.45) is 23.7. The molecule has 3 aliphatic rings. The van der Waals surface area contributed by atoms with Crippen molar-refractivity contribution in [2.45, 2.75) is 115 Å². The summed E-state index contributed by atoms with van der Waals surface area (Å²) in [5.41, 5.74) is 0. The fraction of sp³-hybridized carbons (Fsp3) is 1.00. The molecule has 0 aromatic carbocycles. The Labute approximate surface area is 156 Å². The average Bonchev–Trinajstić information content (AvgIpc) is 2.63. The lowest BCUT2D eigenvalue weighted by Gasteiger charge is -2.41. The number of hydrogen-bond acceptors (Lipinski definition) is 0. The van der Waals surface area contributed by atoms with Crippen LogP contribution in [0.25, 0.3) is 0 Å². The van der Waals surface area contributed by atoms with E-state index in [9.17, 15) is 0 Å². The van der Waals surface area contributed by atoms with Crippen LogP contribution in [0.15, 0.2) is 0 Å². The third-order valence-corrected chi connectivity index (χ3v) is 8.39. The van der Waals surface area contributed by atoms with Gasteiger partial charge in [-0.05, 0) is 93.8 Å². The highest BCUT2D eigenvalue weighted by molar-refractivity contribution is 6.20. The highest BCUT2D eigenvalue weighted by Crippen LogP contribution is 2.46. The SMILES string of the molecule is CCCCCC1CCC(C2CCC(C3CCC(Cl)CC3)CC2)CC1. The smallest absolute Gasteiger partial charge is 0.0336 e. The van der Waals surface area contributed by atoms with Crippen molar-refractivity contribution in [3.63, 3.8) is 0 Å². The van der Waals surface area contributed by atoms with Crippen molar-refractivity contribution in [3.05, 3.63) is 0 Å². The van der Waals surface area contributed by atoms with Gasteiger partial charge < -0.3 is 0 Å². The van der Waals surface area contributed by atoms with Crippen LogP contribution in [0.2, 0.25) is 0 Å². The van der Waals surface area contributed by atoms with Gasteiger partial charge in [0.1, 0.15) is 0 Å². The van der Waals surface area contributed by atoms with Crippen LogP contribution in [0, 0.1) is 29.6 Å². The van der Waals surface area contributed by atoms with E-state index in [1.807, 2.05) is 0 Å². The first-order valence-electron chi connectivity index (χ1n) is 11.4. The molecule has 0 N–H and O–H groups in total. The van der Waals surface area contributed by atoms with E-state index >= 15 is 0 Å². The molecule has 0 bridgehead atoms. The molecule has 0 heterocycles. The van der Waals surface area contributed by atoms with Crippen LogP contribution in [0.3, 0.4) is 0 Å². The Kier molecular flexibility index (Phi) is 7.82. The Morgan fingerprint density at radius 2 is 1.00 bits per heavy atom. The Morgan fingerprint density at radius 3 is 1.46 bits per heavy atom. The molecule has 0 spiro atoms. The van der Waals surface area contributed by atoms with Gasteiger partial charge in [0.25, 0.3) is 0 Å². The molecule has 3 fully saturated rings. The van der Waals surface area contributed by atoms with Crippen molar-refractivity contribution in [2.75, 3.05) is 0 Å². The maximum absolute atomic E-state index is 6.30. The number of unbranched alkanes of at least 4 members (excludes halogenated alkanes) is 2. The Balaban J connectivity index is 1.34. The van der Waals surface area contributed by atoms with Gasteiger partial charge in [0.15, 0.2) is 0 Å². The summed E-state index contributed by atoms with van der Waals surface area (Å²) in [7, 11) is 0. The molecule has 0 nitrogen and oxygen atoms in total. The monoisotopic (exact) mass is 352 g/mol. The molecule has 3 saturated carbocycles. The number of halogens is 1. The molecule has 24 heavy (non-hydrogen) atoms. The van der Waals surface area contributed by atoms with E-state index in [4.69, 9.17) is 11.6 Å². The van der Waals surface area contributed by atoms with Gasteiger partial charge in [-0.25, -0.2) is 0 Å². The van der Waals surface area contributed by atoms with Crippen molar-refractivity contribution in [1.29, 1.82) is 0 Å². The summed E-state index contributed by atoms with van der Waals surface area (Å²) in [5, 5.41) is 0.491. The molecule has 0 unspecified atom stereocenters. The summed E-state index contributed by atoms with van der Waals surface area (Å²) in [6, 6.07) is 0. The first-order chi connectivity index (χ1) is 11.8. The van der Waals surface area contributed by atoms with E-state index < -0.39 is 0 Å². The molecular formula is C23H41Cl. The normalized spacial score (nSPS) is 41.2. The van der Waals surface area contributed by atoms with Crippen LogP contribution in [0.5, 0.6) is 0 Å². The molecular weight excluding hydrogens is 312 g/mol. The van der Waals surface area contributed by atoms with E-state index in [-0.39, 0.29) is 0 Å². The van der Waals surface area contributed by atoms with Crippen molar-refractivity contribution in [3.8, 4) is 0 Å². The largest absolute Gasteiger partial charge is 0.123 e. The van der Waals surface area contributed by atoms with Crippen LogP contribution in [-0.2, 0) is 0 Å². The van der Waals surface area contributed by atoms with Crippen LogP contribution < -0.4 is 0 Å². The summed E-state index contributed by atoms with van der Waals surface area (Å²) < 4.78 is 0. The van der Waals surface area contributed by atoms with Crippen LogP contribution in [-0.4, -0.2) is 5.38 Å². The second-order valence-corrected chi connectivity index (χ2v) is 10.1. The minimum absolute atomic E-state index is 0.491. The fourth-order valence-electron chi connectivity index (χ4n) is 6.27. The summed E-state index contributed by atoms with van der Waals surface area (Å²) >= 11 is 6.30. The Bertz CT molecular complexity index is 328. The minimum Gasteiger partial charge on any atom is -0.123 e. The number of rotatable bonds is 6. The van der Waals surface area contributed by atoms with E-state index in [0.29, 0.717) is 5.38 Å². The van der Waals surface area contributed by atoms with Gasteiger partial charge in [0.05, 0.1) is 0 Å². The van der Waals surface area contributed by atoms with Gasteiger partial charge in [0.2, 0.25) is 0 Å². The highest BCUT2D eigenvalue weighted by Gasteiger charge is 2.34. The van der Waals surface area contributed by atoms with E-state index in [1.54, 1.807) is 51.4 Å². The molecule has 0 radical (unpaired) electrons. The van der Waals surface area contributed by atoms with Gasteiger partial charge in [-0.3, -0.25) is 0 Å². The molecule has 3 rings (SSSR count). The van der Waals surface area contributed by atoms with E-state index in [2.05, 4.69) is 6.92 Å². The summed E-state index contributed by atoms with van der Waals surface area (Å²) in [5.74, 6) is 5.33. The maximum atomic E-state index is 6.30. The van der Waals surface area contributed by atoms with Crippen molar-refractivity contribution < 1.29 is 0 Å². The van der Waals surface area contributed by atoms with Crippen molar-refractivity contribution in [2.24, 2.45) is 29.6 Å². The number of alkyl halides is 1. The average molecular weight is 353 g/mol. The van der Waals surface area contributed by atoms with Gasteiger partial charge in [-0.1, -0.05) is 45.4 Å². The Hall–Kier alpha value is 0.290. The molecule has 0 amide bonds. The molecule has 3 aliphatic carbocycles. The quantitative estimate of drug-likeness (QED) is 0.335. The lowest BCUT2D eigenvalue weighted by molar-refractivity contribution is 0.111. The zero-order valence-electron chi connectivity index (χ0n) is 16.2. The van der Waals surface area contributed by atoms with Crippen LogP contribution in [0.4, 0.5) is 0 Å². The number of hydrogen-bond donors (Lipinski definition) is 0. The minimum atomic E-state index is 0.491. The molecule has 0 aliphatic heterocycles. The van der Waals surface area contributed by atoms with Crippen LogP contribution in [0.1, 0.15) is 110 Å². The molecule has 0 aromatic rings. The summed E-state index contributed by atoms with van der Waals surface area (Å²) in [6.45, 7) is 2.33. The lowest BCUT2D eigenvalue weighted by Crippen LogP contribution is -2.29. The van der Waals surface area contributed by atoms with Crippen LogP contribution >= 0.6 is 11.6 Å². The third-order valence-electron chi connectivity index (χ3n) is 7.96. The second kappa shape index (κ2) is 9.84. The molecule has 0 atom stereocenters. The Morgan fingerprint density at radius 1 is 0.583 bits per heavy atom. The van der Waals surface area contributed by atoms with Gasteiger partial charge in [-0.2, -0.15) is 0 Å². The van der Waals surface area contributed by atoms with Crippen molar-refractivity contribution in [1.82, 2.24) is 0 Å². The highest BCUT2D eigenvalue weighted by atomic mass is 35.5. The zero-order chi connectivity index (χ0) is 16.8. The third kappa shape index (κ3) is 5.39. The predicted molar refractivity (Wildman–Crippen MR) is 107 cm³/mol. The topological polar surface area (TPSA) is 0 Å². The standard InChI is InChI=1S/C23H41Cl/c1-2-3-4-5-18-6-8-19(9-7-18)20-10-12-21(13-11-20)22-14-16-23(24)17-15-22/h18-23H,2-17H2,1H3.